The highest BCUT2D eigenvalue weighted by Crippen LogP contribution is 2.55. The zero-order valence-electron chi connectivity index (χ0n) is 33.3. The molecule has 2 saturated heterocycles. The Balaban J connectivity index is 0.872. The van der Waals surface area contributed by atoms with E-state index in [1.54, 1.807) is 12.1 Å². The van der Waals surface area contributed by atoms with Crippen LogP contribution in [-0.2, 0) is 22.6 Å². The number of hydrogen-bond acceptors (Lipinski definition) is 8. The van der Waals surface area contributed by atoms with Crippen LogP contribution in [0.25, 0.3) is 11.1 Å². The number of nitro groups is 1. The van der Waals surface area contributed by atoms with Crippen LogP contribution in [0.1, 0.15) is 80.1 Å². The first-order chi connectivity index (χ1) is 28.2. The van der Waals surface area contributed by atoms with E-state index < -0.39 is 6.29 Å². The Morgan fingerprint density at radius 2 is 1.47 bits per heavy atom. The molecular formula is C47H55N5O6. The van der Waals surface area contributed by atoms with Crippen molar-refractivity contribution in [3.05, 3.63) is 129 Å². The molecule has 4 bridgehead atoms. The van der Waals surface area contributed by atoms with Crippen LogP contribution in [0.15, 0.2) is 97.1 Å². The molecule has 10 rings (SSSR count). The van der Waals surface area contributed by atoms with E-state index in [0.29, 0.717) is 6.54 Å². The molecule has 304 valence electrons. The molecule has 0 aromatic heterocycles. The number of carbonyl (C=O) groups excluding carboxylic acids is 1. The molecule has 0 unspecified atom stereocenters. The van der Waals surface area contributed by atoms with Gasteiger partial charge < -0.3 is 30.1 Å². The molecule has 0 spiro atoms. The van der Waals surface area contributed by atoms with Crippen LogP contribution in [0, 0.1) is 33.8 Å². The van der Waals surface area contributed by atoms with Crippen molar-refractivity contribution in [2.75, 3.05) is 37.6 Å². The fraction of sp³-hybridized carbons (Fsp3) is 0.468. The summed E-state index contributed by atoms with van der Waals surface area (Å²) in [5.74, 6) is 2.38. The number of carbonyl (C=O) groups is 1. The summed E-state index contributed by atoms with van der Waals surface area (Å²) in [6.45, 7) is 6.69. The van der Waals surface area contributed by atoms with E-state index in [-0.39, 0.29) is 46.9 Å². The van der Waals surface area contributed by atoms with E-state index in [0.717, 1.165) is 109 Å². The fourth-order valence-corrected chi connectivity index (χ4v) is 11.1. The summed E-state index contributed by atoms with van der Waals surface area (Å²) in [5, 5.41) is 27.5. The highest BCUT2D eigenvalue weighted by molar-refractivity contribution is 5.76. The molecule has 0 radical (unpaired) electrons. The van der Waals surface area contributed by atoms with Crippen molar-refractivity contribution >= 4 is 17.4 Å². The minimum atomic E-state index is -0.579. The lowest BCUT2D eigenvalue weighted by Gasteiger charge is -2.56. The van der Waals surface area contributed by atoms with Crippen LogP contribution < -0.4 is 15.5 Å². The Hall–Kier alpha value is -4.81. The van der Waals surface area contributed by atoms with Crippen molar-refractivity contribution in [2.24, 2.45) is 23.7 Å². The predicted molar refractivity (Wildman–Crippen MR) is 223 cm³/mol. The number of nitro benzene ring substituents is 1. The van der Waals surface area contributed by atoms with Gasteiger partial charge in [0, 0.05) is 74.1 Å². The molecule has 2 heterocycles. The number of hydrogen-bond donors (Lipinski definition) is 3. The first-order valence-electron chi connectivity index (χ1n) is 21.2. The number of aliphatic hydroxyl groups is 1. The molecule has 11 heteroatoms. The minimum absolute atomic E-state index is 0.0118. The zero-order chi connectivity index (χ0) is 39.8. The summed E-state index contributed by atoms with van der Waals surface area (Å²) in [5.41, 5.74) is 7.12. The molecule has 4 saturated carbocycles. The molecule has 3 N–H and O–H groups in total. The summed E-state index contributed by atoms with van der Waals surface area (Å²) in [7, 11) is 0. The first kappa shape index (κ1) is 38.7. The lowest BCUT2D eigenvalue weighted by atomic mass is 9.53. The zero-order valence-corrected chi connectivity index (χ0v) is 33.3. The lowest BCUT2D eigenvalue weighted by Crippen LogP contribution is -2.61. The number of amides is 2. The maximum absolute atomic E-state index is 13.3. The summed E-state index contributed by atoms with van der Waals surface area (Å²) in [6, 6.07) is 31.4. The third-order valence-electron chi connectivity index (χ3n) is 13.7. The third-order valence-corrected chi connectivity index (χ3v) is 13.7. The second kappa shape index (κ2) is 16.4. The molecule has 6 aliphatic rings. The van der Waals surface area contributed by atoms with Crippen LogP contribution in [0.5, 0.6) is 0 Å². The summed E-state index contributed by atoms with van der Waals surface area (Å²) in [4.78, 5) is 28.8. The van der Waals surface area contributed by atoms with Gasteiger partial charge in [-0.3, -0.25) is 15.0 Å². The molecular weight excluding hydrogens is 731 g/mol. The molecule has 4 atom stereocenters. The Labute approximate surface area is 340 Å². The van der Waals surface area contributed by atoms with Crippen molar-refractivity contribution in [1.82, 2.24) is 15.5 Å². The summed E-state index contributed by atoms with van der Waals surface area (Å²) in [6.07, 6.45) is 6.53. The molecule has 2 aliphatic heterocycles. The van der Waals surface area contributed by atoms with Gasteiger partial charge in [-0.15, -0.1) is 0 Å². The van der Waals surface area contributed by atoms with Gasteiger partial charge in [-0.05, 0) is 96.2 Å². The third kappa shape index (κ3) is 8.23. The molecule has 58 heavy (non-hydrogen) atoms. The van der Waals surface area contributed by atoms with E-state index in [2.05, 4.69) is 63.8 Å². The highest BCUT2D eigenvalue weighted by atomic mass is 16.7. The van der Waals surface area contributed by atoms with Crippen molar-refractivity contribution in [3.63, 3.8) is 0 Å². The maximum Gasteiger partial charge on any atom is 0.315 e. The van der Waals surface area contributed by atoms with E-state index >= 15 is 0 Å². The predicted octanol–water partition coefficient (Wildman–Crippen LogP) is 8.14. The largest absolute Gasteiger partial charge is 0.392 e. The average molecular weight is 786 g/mol. The van der Waals surface area contributed by atoms with Gasteiger partial charge in [0.15, 0.2) is 6.29 Å². The Kier molecular flexibility index (Phi) is 11.0. The quantitative estimate of drug-likeness (QED) is 0.103. The smallest absolute Gasteiger partial charge is 0.315 e. The topological polar surface area (TPSA) is 129 Å². The molecule has 4 aromatic rings. The number of urea groups is 1. The van der Waals surface area contributed by atoms with Gasteiger partial charge in [-0.1, -0.05) is 79.7 Å². The summed E-state index contributed by atoms with van der Waals surface area (Å²) >= 11 is 0. The molecule has 11 nitrogen and oxygen atoms in total. The minimum Gasteiger partial charge on any atom is -0.392 e. The van der Waals surface area contributed by atoms with Crippen LogP contribution in [0.3, 0.4) is 0 Å². The second-order valence-electron chi connectivity index (χ2n) is 17.7. The van der Waals surface area contributed by atoms with Crippen molar-refractivity contribution in [2.45, 2.75) is 82.6 Å². The van der Waals surface area contributed by atoms with Gasteiger partial charge in [0.2, 0.25) is 0 Å². The van der Waals surface area contributed by atoms with Crippen molar-refractivity contribution in [1.29, 1.82) is 0 Å². The number of ether oxygens (including phenoxy) is 2. The fourth-order valence-electron chi connectivity index (χ4n) is 11.1. The van der Waals surface area contributed by atoms with E-state index in [1.807, 2.05) is 48.5 Å². The van der Waals surface area contributed by atoms with Crippen LogP contribution in [0.2, 0.25) is 0 Å². The van der Waals surface area contributed by atoms with Gasteiger partial charge in [0.1, 0.15) is 0 Å². The van der Waals surface area contributed by atoms with E-state index in [4.69, 9.17) is 9.47 Å². The van der Waals surface area contributed by atoms with Gasteiger partial charge in [-0.2, -0.15) is 0 Å². The van der Waals surface area contributed by atoms with E-state index in [1.165, 1.54) is 19.3 Å². The van der Waals surface area contributed by atoms with Crippen LogP contribution in [0.4, 0.5) is 16.2 Å². The van der Waals surface area contributed by atoms with Crippen LogP contribution >= 0.6 is 0 Å². The highest BCUT2D eigenvalue weighted by Gasteiger charge is 2.51. The Morgan fingerprint density at radius 3 is 2.10 bits per heavy atom. The van der Waals surface area contributed by atoms with E-state index in [9.17, 15) is 20.0 Å². The average Bonchev–Trinajstić information content (AvgIpc) is 3.23. The summed E-state index contributed by atoms with van der Waals surface area (Å²) < 4.78 is 13.6. The molecule has 6 fully saturated rings. The maximum atomic E-state index is 13.3. The number of nitrogens with one attached hydrogen (secondary N) is 2. The first-order valence-corrected chi connectivity index (χ1v) is 21.2. The second-order valence-corrected chi connectivity index (χ2v) is 17.7. The van der Waals surface area contributed by atoms with Gasteiger partial charge in [0.05, 0.1) is 23.7 Å². The number of piperazine rings is 1. The molecule has 4 aromatic carbocycles. The number of rotatable bonds is 11. The molecule has 2 amide bonds. The Morgan fingerprint density at radius 1 is 0.828 bits per heavy atom. The number of aliphatic hydroxyl groups excluding tert-OH is 1. The molecule has 4 aliphatic carbocycles. The SMILES string of the molecule is C[C@H]1[C@@H](CN2CCN(c3ccc([N+](=O)[O-])cc3)CC2)O[C@@H](c2ccc(-c3ccccc3CNC(=O)NC34CC5CC(CC(C5)C3)C4)cc2)O[C@H]1c1ccc(CO)cc1. The normalized spacial score (nSPS) is 29.3. The van der Waals surface area contributed by atoms with Crippen LogP contribution in [-0.4, -0.2) is 65.3 Å². The van der Waals surface area contributed by atoms with Gasteiger partial charge >= 0.3 is 6.03 Å². The number of nitrogens with zero attached hydrogens (tertiary/aromatic N) is 3. The van der Waals surface area contributed by atoms with Crippen molar-refractivity contribution < 1.29 is 24.3 Å². The standard InChI is InChI=1S/C47H55N5O6/c1-31-43(29-50-18-20-51(21-19-50)40-14-16-41(17-15-40)52(55)56)57-45(58-44(31)37-8-6-32(30-53)7-9-37)38-12-10-36(11-13-38)42-5-3-2-4-39(42)28-48-46(54)49-47-25-33-22-34(26-47)24-35(23-33)27-47/h2-17,31,33-35,43-45,53H,18-30H2,1H3,(H2,48,49,54)/t31-,33?,34?,35?,43+,44+,45+,47?/m0/s1. The van der Waals surface area contributed by atoms with Gasteiger partial charge in [-0.25, -0.2) is 4.79 Å². The van der Waals surface area contributed by atoms with Gasteiger partial charge in [0.25, 0.3) is 5.69 Å². The van der Waals surface area contributed by atoms with Crippen molar-refractivity contribution in [3.8, 4) is 11.1 Å². The monoisotopic (exact) mass is 785 g/mol. The Bertz CT molecular complexity index is 2030. The number of non-ortho nitro benzene ring substituents is 1. The lowest BCUT2D eigenvalue weighted by molar-refractivity contribution is -0.384. The number of benzene rings is 4. The number of anilines is 1.